The van der Waals surface area contributed by atoms with E-state index < -0.39 is 0 Å². The summed E-state index contributed by atoms with van der Waals surface area (Å²) in [6, 6.07) is 8.85. The number of rotatable bonds is 7. The van der Waals surface area contributed by atoms with Crippen molar-refractivity contribution < 1.29 is 14.3 Å². The van der Waals surface area contributed by atoms with Crippen molar-refractivity contribution in [2.45, 2.75) is 0 Å². The molecule has 1 aromatic carbocycles. The normalized spacial score (nSPS) is 14.4. The number of aryl methyl sites for hydroxylation is 1. The summed E-state index contributed by atoms with van der Waals surface area (Å²) in [6.45, 7) is 4.66. The zero-order valence-corrected chi connectivity index (χ0v) is 18.0. The molecule has 0 spiro atoms. The molecule has 0 atom stereocenters. The number of nitrogens with one attached hydrogen (secondary N) is 1. The number of benzene rings is 1. The lowest BCUT2D eigenvalue weighted by atomic mass is 10.1. The second-order valence-corrected chi connectivity index (χ2v) is 7.58. The minimum Gasteiger partial charge on any atom is -0.492 e. The van der Waals surface area contributed by atoms with Gasteiger partial charge in [0.05, 0.1) is 30.1 Å². The maximum absolute atomic E-state index is 12.5. The Kier molecular flexibility index (Phi) is 6.81. The molecule has 1 aliphatic heterocycles. The van der Waals surface area contributed by atoms with Crippen molar-refractivity contribution in [2.24, 2.45) is 7.05 Å². The summed E-state index contributed by atoms with van der Waals surface area (Å²) in [7, 11) is 1.82. The summed E-state index contributed by atoms with van der Waals surface area (Å²) in [6.07, 6.45) is 4.76. The van der Waals surface area contributed by atoms with E-state index in [2.05, 4.69) is 20.3 Å². The van der Waals surface area contributed by atoms with Crippen LogP contribution in [0, 0.1) is 0 Å². The molecular formula is C22H24ClN5O3. The number of carbonyl (C=O) groups excluding carboxylic acids is 1. The van der Waals surface area contributed by atoms with Crippen molar-refractivity contribution in [1.29, 1.82) is 0 Å². The molecule has 2 aromatic heterocycles. The second kappa shape index (κ2) is 9.91. The Balaban J connectivity index is 1.55. The number of hydrogen-bond donors (Lipinski definition) is 1. The molecule has 8 nitrogen and oxygen atoms in total. The van der Waals surface area contributed by atoms with E-state index in [9.17, 15) is 4.79 Å². The van der Waals surface area contributed by atoms with Gasteiger partial charge in [0.25, 0.3) is 5.91 Å². The van der Waals surface area contributed by atoms with Gasteiger partial charge in [-0.05, 0) is 30.3 Å². The highest BCUT2D eigenvalue weighted by Crippen LogP contribution is 2.36. The average Bonchev–Trinajstić information content (AvgIpc) is 3.13. The van der Waals surface area contributed by atoms with Crippen LogP contribution >= 0.6 is 11.6 Å². The Bertz CT molecular complexity index is 1020. The number of morpholine rings is 1. The van der Waals surface area contributed by atoms with E-state index in [1.807, 2.05) is 25.2 Å². The Morgan fingerprint density at radius 1 is 1.23 bits per heavy atom. The van der Waals surface area contributed by atoms with Crippen LogP contribution in [-0.4, -0.2) is 65.0 Å². The highest BCUT2D eigenvalue weighted by molar-refractivity contribution is 6.33. The Morgan fingerprint density at radius 3 is 2.71 bits per heavy atom. The van der Waals surface area contributed by atoms with Gasteiger partial charge < -0.3 is 14.8 Å². The second-order valence-electron chi connectivity index (χ2n) is 7.17. The molecule has 9 heteroatoms. The number of aromatic nitrogens is 3. The van der Waals surface area contributed by atoms with Crippen LogP contribution in [-0.2, 0) is 11.8 Å². The highest BCUT2D eigenvalue weighted by atomic mass is 35.5. The molecule has 1 aliphatic rings. The van der Waals surface area contributed by atoms with Crippen molar-refractivity contribution in [2.75, 3.05) is 44.8 Å². The number of hydrogen-bond acceptors (Lipinski definition) is 6. The maximum atomic E-state index is 12.5. The molecule has 162 valence electrons. The van der Waals surface area contributed by atoms with Crippen molar-refractivity contribution in [3.63, 3.8) is 0 Å². The smallest absolute Gasteiger partial charge is 0.255 e. The highest BCUT2D eigenvalue weighted by Gasteiger charge is 2.17. The molecule has 3 heterocycles. The lowest BCUT2D eigenvalue weighted by Gasteiger charge is -2.26. The summed E-state index contributed by atoms with van der Waals surface area (Å²) in [4.78, 5) is 18.8. The lowest BCUT2D eigenvalue weighted by molar-refractivity contribution is 0.0323. The molecule has 4 rings (SSSR count). The third-order valence-electron chi connectivity index (χ3n) is 5.10. The number of halogens is 1. The van der Waals surface area contributed by atoms with Gasteiger partial charge in [0, 0.05) is 55.9 Å². The molecule has 1 N–H and O–H groups in total. The first-order valence-electron chi connectivity index (χ1n) is 10.1. The number of amides is 1. The molecule has 3 aromatic rings. The van der Waals surface area contributed by atoms with Crippen molar-refractivity contribution >= 4 is 23.2 Å². The molecule has 0 radical (unpaired) electrons. The van der Waals surface area contributed by atoms with Crippen LogP contribution in [0.25, 0.3) is 11.3 Å². The van der Waals surface area contributed by atoms with E-state index in [0.717, 1.165) is 44.1 Å². The number of ether oxygens (including phenoxy) is 2. The van der Waals surface area contributed by atoms with Crippen LogP contribution in [0.5, 0.6) is 5.75 Å². The first kappa shape index (κ1) is 21.3. The third-order valence-corrected chi connectivity index (χ3v) is 5.37. The lowest BCUT2D eigenvalue weighted by Crippen LogP contribution is -2.38. The molecule has 0 bridgehead atoms. The maximum Gasteiger partial charge on any atom is 0.255 e. The van der Waals surface area contributed by atoms with E-state index >= 15 is 0 Å². The average molecular weight is 442 g/mol. The number of anilines is 1. The summed E-state index contributed by atoms with van der Waals surface area (Å²) < 4.78 is 13.2. The number of nitrogens with zero attached hydrogens (tertiary/aromatic N) is 4. The number of carbonyl (C=O) groups is 1. The molecule has 1 amide bonds. The minimum atomic E-state index is -0.217. The first-order chi connectivity index (χ1) is 15.1. The molecule has 0 unspecified atom stereocenters. The van der Waals surface area contributed by atoms with Gasteiger partial charge >= 0.3 is 0 Å². The van der Waals surface area contributed by atoms with Crippen LogP contribution in [0.3, 0.4) is 0 Å². The molecule has 0 aliphatic carbocycles. The van der Waals surface area contributed by atoms with Crippen LogP contribution in [0.15, 0.2) is 48.9 Å². The van der Waals surface area contributed by atoms with Gasteiger partial charge in [0.2, 0.25) is 0 Å². The van der Waals surface area contributed by atoms with Crippen LogP contribution in [0.1, 0.15) is 10.4 Å². The SMILES string of the molecule is Cn1ncc(Cl)c1-c1cc(NC(=O)c2ccncc2)ccc1OCCN1CCOCC1. The minimum absolute atomic E-state index is 0.217. The number of pyridine rings is 1. The Labute approximate surface area is 185 Å². The summed E-state index contributed by atoms with van der Waals surface area (Å²) in [5, 5.41) is 7.67. The van der Waals surface area contributed by atoms with Gasteiger partial charge in [-0.3, -0.25) is 19.4 Å². The molecule has 0 saturated carbocycles. The van der Waals surface area contributed by atoms with Gasteiger partial charge in [-0.1, -0.05) is 11.6 Å². The zero-order chi connectivity index (χ0) is 21.6. The van der Waals surface area contributed by atoms with Gasteiger partial charge in [0.15, 0.2) is 0 Å². The molecule has 1 fully saturated rings. The van der Waals surface area contributed by atoms with Crippen LogP contribution in [0.2, 0.25) is 5.02 Å². The van der Waals surface area contributed by atoms with E-state index in [1.54, 1.807) is 35.4 Å². The zero-order valence-electron chi connectivity index (χ0n) is 17.3. The fourth-order valence-electron chi connectivity index (χ4n) is 3.45. The first-order valence-corrected chi connectivity index (χ1v) is 10.5. The Hall–Kier alpha value is -2.94. The summed E-state index contributed by atoms with van der Waals surface area (Å²) in [5.41, 5.74) is 2.65. The van der Waals surface area contributed by atoms with Gasteiger partial charge in [-0.15, -0.1) is 0 Å². The van der Waals surface area contributed by atoms with Gasteiger partial charge in [-0.2, -0.15) is 5.10 Å². The van der Waals surface area contributed by atoms with Crippen LogP contribution < -0.4 is 10.1 Å². The van der Waals surface area contributed by atoms with Gasteiger partial charge in [-0.25, -0.2) is 0 Å². The summed E-state index contributed by atoms with van der Waals surface area (Å²) in [5.74, 6) is 0.464. The van der Waals surface area contributed by atoms with Crippen molar-refractivity contribution in [3.05, 3.63) is 59.5 Å². The molecular weight excluding hydrogens is 418 g/mol. The topological polar surface area (TPSA) is 81.5 Å². The fraction of sp³-hybridized carbons (Fsp3) is 0.318. The van der Waals surface area contributed by atoms with E-state index in [4.69, 9.17) is 21.1 Å². The largest absolute Gasteiger partial charge is 0.492 e. The molecule has 31 heavy (non-hydrogen) atoms. The standard InChI is InChI=1S/C22H24ClN5O3/c1-27-21(19(23)15-25-27)18-14-17(26-22(29)16-4-6-24-7-5-16)2-3-20(18)31-13-10-28-8-11-30-12-9-28/h2-7,14-15H,8-13H2,1H3,(H,26,29). The molecule has 1 saturated heterocycles. The Morgan fingerprint density at radius 2 is 2.00 bits per heavy atom. The van der Waals surface area contributed by atoms with Crippen molar-refractivity contribution in [1.82, 2.24) is 19.7 Å². The van der Waals surface area contributed by atoms with Gasteiger partial charge in [0.1, 0.15) is 12.4 Å². The van der Waals surface area contributed by atoms with E-state index in [-0.39, 0.29) is 5.91 Å². The van der Waals surface area contributed by atoms with Crippen molar-refractivity contribution in [3.8, 4) is 17.0 Å². The predicted molar refractivity (Wildman–Crippen MR) is 119 cm³/mol. The predicted octanol–water partition coefficient (Wildman–Crippen LogP) is 3.10. The van der Waals surface area contributed by atoms with Crippen LogP contribution in [0.4, 0.5) is 5.69 Å². The summed E-state index contributed by atoms with van der Waals surface area (Å²) >= 11 is 6.41. The van der Waals surface area contributed by atoms with E-state index in [1.165, 1.54) is 0 Å². The third kappa shape index (κ3) is 5.22. The monoisotopic (exact) mass is 441 g/mol. The quantitative estimate of drug-likeness (QED) is 0.606. The fourth-order valence-corrected chi connectivity index (χ4v) is 3.72. The van der Waals surface area contributed by atoms with E-state index in [0.29, 0.717) is 28.6 Å².